The lowest BCUT2D eigenvalue weighted by Crippen LogP contribution is -2.04. The highest BCUT2D eigenvalue weighted by Crippen LogP contribution is 2.30. The number of halogens is 2. The van der Waals surface area contributed by atoms with E-state index in [0.717, 1.165) is 17.3 Å². The summed E-state index contributed by atoms with van der Waals surface area (Å²) < 4.78 is 1.16. The van der Waals surface area contributed by atoms with Gasteiger partial charge in [-0.05, 0) is 36.1 Å². The standard InChI is InChI=1S/C9H10BrN.ClH/c10-7-2-3-8-6(5-7)1-4-9(8)11;/h2-3,5,9H,1,4,11H2;1H/t9-;/m0./s1. The molecule has 1 aromatic rings. The van der Waals surface area contributed by atoms with Crippen molar-refractivity contribution < 1.29 is 0 Å². The Kier molecular flexibility index (Phi) is 3.16. The van der Waals surface area contributed by atoms with Gasteiger partial charge in [-0.2, -0.15) is 0 Å². The second kappa shape index (κ2) is 3.77. The fourth-order valence-corrected chi connectivity index (χ4v) is 2.03. The smallest absolute Gasteiger partial charge is 0.0300 e. The Bertz CT molecular complexity index is 288. The van der Waals surface area contributed by atoms with Crippen LogP contribution in [0, 0.1) is 0 Å². The van der Waals surface area contributed by atoms with E-state index in [2.05, 4.69) is 34.1 Å². The van der Waals surface area contributed by atoms with Crippen LogP contribution in [0.5, 0.6) is 0 Å². The van der Waals surface area contributed by atoms with Crippen molar-refractivity contribution in [1.82, 2.24) is 0 Å². The summed E-state index contributed by atoms with van der Waals surface area (Å²) in [6.07, 6.45) is 2.24. The second-order valence-electron chi connectivity index (χ2n) is 2.99. The summed E-state index contributed by atoms with van der Waals surface area (Å²) in [5.41, 5.74) is 8.62. The van der Waals surface area contributed by atoms with Crippen LogP contribution in [0.15, 0.2) is 22.7 Å². The van der Waals surface area contributed by atoms with Gasteiger partial charge in [0.25, 0.3) is 0 Å². The lowest BCUT2D eigenvalue weighted by molar-refractivity contribution is 0.713. The maximum Gasteiger partial charge on any atom is 0.0300 e. The largest absolute Gasteiger partial charge is 0.324 e. The van der Waals surface area contributed by atoms with Crippen LogP contribution in [0.25, 0.3) is 0 Å². The van der Waals surface area contributed by atoms with Gasteiger partial charge in [-0.25, -0.2) is 0 Å². The molecule has 0 aliphatic heterocycles. The first-order chi connectivity index (χ1) is 5.27. The quantitative estimate of drug-likeness (QED) is 0.751. The van der Waals surface area contributed by atoms with Crippen LogP contribution in [0.1, 0.15) is 23.6 Å². The molecular weight excluding hydrogens is 237 g/mol. The first-order valence-electron chi connectivity index (χ1n) is 3.81. The summed E-state index contributed by atoms with van der Waals surface area (Å²) in [6, 6.07) is 6.63. The molecule has 0 amide bonds. The molecule has 0 heterocycles. The van der Waals surface area contributed by atoms with Crippen molar-refractivity contribution in [3.05, 3.63) is 33.8 Å². The SMILES string of the molecule is Cl.N[C@H]1CCc2cc(Br)ccc21. The van der Waals surface area contributed by atoms with Gasteiger partial charge in [-0.15, -0.1) is 12.4 Å². The fourth-order valence-electron chi connectivity index (χ4n) is 1.62. The molecule has 1 aromatic carbocycles. The van der Waals surface area contributed by atoms with Crippen LogP contribution < -0.4 is 5.73 Å². The lowest BCUT2D eigenvalue weighted by Gasteiger charge is -2.03. The van der Waals surface area contributed by atoms with Crippen LogP contribution in [0.2, 0.25) is 0 Å². The number of hydrogen-bond donors (Lipinski definition) is 1. The molecule has 1 nitrogen and oxygen atoms in total. The molecule has 0 saturated carbocycles. The van der Waals surface area contributed by atoms with Crippen molar-refractivity contribution in [2.24, 2.45) is 5.73 Å². The van der Waals surface area contributed by atoms with Crippen molar-refractivity contribution in [2.45, 2.75) is 18.9 Å². The van der Waals surface area contributed by atoms with Crippen molar-refractivity contribution in [3.63, 3.8) is 0 Å². The highest BCUT2D eigenvalue weighted by atomic mass is 79.9. The van der Waals surface area contributed by atoms with Crippen molar-refractivity contribution in [1.29, 1.82) is 0 Å². The van der Waals surface area contributed by atoms with Gasteiger partial charge in [0.15, 0.2) is 0 Å². The number of hydrogen-bond acceptors (Lipinski definition) is 1. The van der Waals surface area contributed by atoms with Gasteiger partial charge < -0.3 is 5.73 Å². The molecule has 2 rings (SSSR count). The molecule has 0 spiro atoms. The minimum atomic E-state index is 0. The van der Waals surface area contributed by atoms with Gasteiger partial charge in [0.05, 0.1) is 0 Å². The molecule has 0 aromatic heterocycles. The molecule has 1 atom stereocenters. The molecule has 12 heavy (non-hydrogen) atoms. The van der Waals surface area contributed by atoms with E-state index in [1.165, 1.54) is 11.1 Å². The summed E-state index contributed by atoms with van der Waals surface area (Å²) in [5.74, 6) is 0. The third-order valence-electron chi connectivity index (χ3n) is 2.23. The summed E-state index contributed by atoms with van der Waals surface area (Å²) >= 11 is 3.44. The van der Waals surface area contributed by atoms with Gasteiger partial charge in [-0.3, -0.25) is 0 Å². The average Bonchev–Trinajstić information content (AvgIpc) is 2.32. The van der Waals surface area contributed by atoms with Crippen molar-refractivity contribution >= 4 is 28.3 Å². The molecule has 0 unspecified atom stereocenters. The number of fused-ring (bicyclic) bond motifs is 1. The minimum absolute atomic E-state index is 0. The Morgan fingerprint density at radius 1 is 1.42 bits per heavy atom. The zero-order chi connectivity index (χ0) is 7.84. The van der Waals surface area contributed by atoms with E-state index >= 15 is 0 Å². The number of nitrogens with two attached hydrogens (primary N) is 1. The summed E-state index contributed by atoms with van der Waals surface area (Å²) in [4.78, 5) is 0. The molecule has 0 fully saturated rings. The van der Waals surface area contributed by atoms with Crippen LogP contribution >= 0.6 is 28.3 Å². The third-order valence-corrected chi connectivity index (χ3v) is 2.72. The van der Waals surface area contributed by atoms with Gasteiger partial charge >= 0.3 is 0 Å². The highest BCUT2D eigenvalue weighted by Gasteiger charge is 2.17. The molecule has 1 aliphatic carbocycles. The van der Waals surface area contributed by atoms with Crippen molar-refractivity contribution in [2.75, 3.05) is 0 Å². The number of rotatable bonds is 0. The monoisotopic (exact) mass is 247 g/mol. The fraction of sp³-hybridized carbons (Fsp3) is 0.333. The van der Waals surface area contributed by atoms with Crippen LogP contribution in [-0.2, 0) is 6.42 Å². The molecule has 2 N–H and O–H groups in total. The molecule has 66 valence electrons. The van der Waals surface area contributed by atoms with E-state index in [1.807, 2.05) is 0 Å². The normalized spacial score (nSPS) is 20.0. The van der Waals surface area contributed by atoms with Crippen LogP contribution in [0.4, 0.5) is 0 Å². The molecule has 1 aliphatic rings. The topological polar surface area (TPSA) is 26.0 Å². The second-order valence-corrected chi connectivity index (χ2v) is 3.90. The molecule has 0 bridgehead atoms. The summed E-state index contributed by atoms with van der Waals surface area (Å²) in [7, 11) is 0. The molecule has 3 heteroatoms. The van der Waals surface area contributed by atoms with E-state index in [0.29, 0.717) is 0 Å². The van der Waals surface area contributed by atoms with Crippen LogP contribution in [0.3, 0.4) is 0 Å². The first kappa shape index (κ1) is 10.0. The van der Waals surface area contributed by atoms with Gasteiger partial charge in [0, 0.05) is 10.5 Å². The Labute approximate surface area is 86.9 Å². The molecule has 0 radical (unpaired) electrons. The lowest BCUT2D eigenvalue weighted by atomic mass is 10.1. The molecular formula is C9H11BrClN. The number of benzene rings is 1. The van der Waals surface area contributed by atoms with Crippen LogP contribution in [-0.4, -0.2) is 0 Å². The summed E-state index contributed by atoms with van der Waals surface area (Å²) in [6.45, 7) is 0. The van der Waals surface area contributed by atoms with Gasteiger partial charge in [-0.1, -0.05) is 22.0 Å². The highest BCUT2D eigenvalue weighted by molar-refractivity contribution is 9.10. The van der Waals surface area contributed by atoms with Gasteiger partial charge in [0.1, 0.15) is 0 Å². The zero-order valence-electron chi connectivity index (χ0n) is 6.59. The Morgan fingerprint density at radius 3 is 2.92 bits per heavy atom. The van der Waals surface area contributed by atoms with E-state index < -0.39 is 0 Å². The van der Waals surface area contributed by atoms with E-state index in [-0.39, 0.29) is 18.4 Å². The third kappa shape index (κ3) is 1.65. The average molecular weight is 249 g/mol. The number of aryl methyl sites for hydroxylation is 1. The predicted molar refractivity (Wildman–Crippen MR) is 56.6 cm³/mol. The predicted octanol–water partition coefficient (Wildman–Crippen LogP) is 2.82. The van der Waals surface area contributed by atoms with E-state index in [4.69, 9.17) is 5.73 Å². The molecule has 0 saturated heterocycles. The van der Waals surface area contributed by atoms with E-state index in [1.54, 1.807) is 0 Å². The summed E-state index contributed by atoms with van der Waals surface area (Å²) in [5, 5.41) is 0. The Morgan fingerprint density at radius 2 is 2.17 bits per heavy atom. The Hall–Kier alpha value is -0.0500. The first-order valence-corrected chi connectivity index (χ1v) is 4.60. The Balaban J connectivity index is 0.000000720. The zero-order valence-corrected chi connectivity index (χ0v) is 8.99. The maximum atomic E-state index is 5.88. The maximum absolute atomic E-state index is 5.88. The van der Waals surface area contributed by atoms with Gasteiger partial charge in [0.2, 0.25) is 0 Å². The minimum Gasteiger partial charge on any atom is -0.324 e. The van der Waals surface area contributed by atoms with Crippen molar-refractivity contribution in [3.8, 4) is 0 Å². The van der Waals surface area contributed by atoms with E-state index in [9.17, 15) is 0 Å².